The lowest BCUT2D eigenvalue weighted by atomic mass is 9.94. The van der Waals surface area contributed by atoms with E-state index in [2.05, 4.69) is 43.5 Å². The van der Waals surface area contributed by atoms with Gasteiger partial charge in [0.1, 0.15) is 0 Å². The second-order valence-corrected chi connectivity index (χ2v) is 5.67. The van der Waals surface area contributed by atoms with Crippen molar-refractivity contribution in [2.24, 2.45) is 11.8 Å². The number of carbonyl (C=O) groups excluding carboxylic acids is 1. The average molecular weight is 262 g/mol. The summed E-state index contributed by atoms with van der Waals surface area (Å²) in [4.78, 5) is 12.4. The smallest absolute Gasteiger partial charge is 0.229 e. The summed E-state index contributed by atoms with van der Waals surface area (Å²) in [6.07, 6.45) is 0. The number of carbonyl (C=O) groups is 1. The molecule has 1 amide bonds. The predicted molar refractivity (Wildman–Crippen MR) is 81.5 cm³/mol. The van der Waals surface area contributed by atoms with E-state index in [0.29, 0.717) is 12.5 Å². The fourth-order valence-corrected chi connectivity index (χ4v) is 2.44. The van der Waals surface area contributed by atoms with Gasteiger partial charge in [0.2, 0.25) is 5.91 Å². The fraction of sp³-hybridized carbons (Fsp3) is 0.562. The zero-order valence-electron chi connectivity index (χ0n) is 12.9. The van der Waals surface area contributed by atoms with Crippen molar-refractivity contribution in [2.75, 3.05) is 18.9 Å². The highest BCUT2D eigenvalue weighted by Gasteiger charge is 2.22. The highest BCUT2D eigenvalue weighted by atomic mass is 16.1. The van der Waals surface area contributed by atoms with Crippen LogP contribution in [0.2, 0.25) is 0 Å². The van der Waals surface area contributed by atoms with Gasteiger partial charge < -0.3 is 10.6 Å². The van der Waals surface area contributed by atoms with Crippen LogP contribution in [0.5, 0.6) is 0 Å². The van der Waals surface area contributed by atoms with Crippen molar-refractivity contribution in [3.05, 3.63) is 28.8 Å². The molecule has 0 heterocycles. The summed E-state index contributed by atoms with van der Waals surface area (Å²) in [5.41, 5.74) is 4.43. The van der Waals surface area contributed by atoms with E-state index < -0.39 is 0 Å². The third kappa shape index (κ3) is 4.06. The van der Waals surface area contributed by atoms with Gasteiger partial charge in [-0.3, -0.25) is 4.79 Å². The Balaban J connectivity index is 2.92. The standard InChI is InChI=1S/C16H26N2O/c1-10(2)14(9-17-6)16(19)18-15-12(4)7-11(3)8-13(15)5/h7-8,10,14,17H,9H2,1-6H3,(H,18,19). The maximum Gasteiger partial charge on any atom is 0.229 e. The summed E-state index contributed by atoms with van der Waals surface area (Å²) in [6.45, 7) is 11.0. The van der Waals surface area contributed by atoms with E-state index in [1.165, 1.54) is 5.56 Å². The first kappa shape index (κ1) is 15.7. The number of anilines is 1. The Labute approximate surface area is 116 Å². The van der Waals surface area contributed by atoms with Crippen LogP contribution in [0.4, 0.5) is 5.69 Å². The third-order valence-corrected chi connectivity index (χ3v) is 3.49. The highest BCUT2D eigenvalue weighted by Crippen LogP contribution is 2.23. The van der Waals surface area contributed by atoms with E-state index in [1.54, 1.807) is 0 Å². The van der Waals surface area contributed by atoms with E-state index in [0.717, 1.165) is 16.8 Å². The number of nitrogens with one attached hydrogen (secondary N) is 2. The van der Waals surface area contributed by atoms with Gasteiger partial charge in [0, 0.05) is 12.2 Å². The Morgan fingerprint density at radius 1 is 1.16 bits per heavy atom. The summed E-state index contributed by atoms with van der Waals surface area (Å²) in [7, 11) is 1.88. The third-order valence-electron chi connectivity index (χ3n) is 3.49. The Morgan fingerprint density at radius 2 is 1.68 bits per heavy atom. The number of aryl methyl sites for hydroxylation is 3. The van der Waals surface area contributed by atoms with Gasteiger partial charge >= 0.3 is 0 Å². The van der Waals surface area contributed by atoms with Crippen LogP contribution in [-0.2, 0) is 4.79 Å². The van der Waals surface area contributed by atoms with Crippen molar-refractivity contribution in [2.45, 2.75) is 34.6 Å². The molecule has 0 aliphatic rings. The minimum atomic E-state index is -0.00916. The second-order valence-electron chi connectivity index (χ2n) is 5.67. The molecule has 19 heavy (non-hydrogen) atoms. The molecular weight excluding hydrogens is 236 g/mol. The van der Waals surface area contributed by atoms with Gasteiger partial charge in [-0.05, 0) is 44.9 Å². The minimum Gasteiger partial charge on any atom is -0.325 e. The van der Waals surface area contributed by atoms with Gasteiger partial charge in [-0.2, -0.15) is 0 Å². The molecule has 0 saturated carbocycles. The number of hydrogen-bond acceptors (Lipinski definition) is 2. The van der Waals surface area contributed by atoms with Gasteiger partial charge in [0.05, 0.1) is 5.92 Å². The molecule has 1 unspecified atom stereocenters. The Bertz CT molecular complexity index is 429. The molecular formula is C16H26N2O. The van der Waals surface area contributed by atoms with E-state index >= 15 is 0 Å². The molecule has 0 fully saturated rings. The molecule has 0 spiro atoms. The zero-order valence-corrected chi connectivity index (χ0v) is 12.9. The Morgan fingerprint density at radius 3 is 2.11 bits per heavy atom. The van der Waals surface area contributed by atoms with Crippen molar-refractivity contribution in [1.29, 1.82) is 0 Å². The van der Waals surface area contributed by atoms with Gasteiger partial charge in [-0.25, -0.2) is 0 Å². The van der Waals surface area contributed by atoms with Crippen LogP contribution < -0.4 is 10.6 Å². The van der Waals surface area contributed by atoms with E-state index in [4.69, 9.17) is 0 Å². The maximum atomic E-state index is 12.4. The largest absolute Gasteiger partial charge is 0.325 e. The SMILES string of the molecule is CNCC(C(=O)Nc1c(C)cc(C)cc1C)C(C)C. The van der Waals surface area contributed by atoms with E-state index in [-0.39, 0.29) is 11.8 Å². The topological polar surface area (TPSA) is 41.1 Å². The maximum absolute atomic E-state index is 12.4. The Kier molecular flexibility index (Phi) is 5.55. The molecule has 1 aromatic rings. The monoisotopic (exact) mass is 262 g/mol. The van der Waals surface area contributed by atoms with Crippen molar-refractivity contribution in [3.8, 4) is 0 Å². The van der Waals surface area contributed by atoms with Crippen molar-refractivity contribution in [3.63, 3.8) is 0 Å². The number of amides is 1. The summed E-state index contributed by atoms with van der Waals surface area (Å²) in [6, 6.07) is 4.20. The molecule has 0 aliphatic heterocycles. The predicted octanol–water partition coefficient (Wildman–Crippen LogP) is 3.04. The van der Waals surface area contributed by atoms with Crippen LogP contribution in [0.1, 0.15) is 30.5 Å². The van der Waals surface area contributed by atoms with Crippen molar-refractivity contribution < 1.29 is 4.79 Å². The average Bonchev–Trinajstić information content (AvgIpc) is 2.29. The summed E-state index contributed by atoms with van der Waals surface area (Å²) >= 11 is 0. The summed E-state index contributed by atoms with van der Waals surface area (Å²) in [5.74, 6) is 0.406. The lowest BCUT2D eigenvalue weighted by Crippen LogP contribution is -2.34. The molecule has 0 bridgehead atoms. The molecule has 0 radical (unpaired) electrons. The van der Waals surface area contributed by atoms with Crippen molar-refractivity contribution in [1.82, 2.24) is 5.32 Å². The van der Waals surface area contributed by atoms with Crippen LogP contribution in [0, 0.1) is 32.6 Å². The molecule has 0 aliphatic carbocycles. The van der Waals surface area contributed by atoms with Crippen molar-refractivity contribution >= 4 is 11.6 Å². The molecule has 2 N–H and O–H groups in total. The quantitative estimate of drug-likeness (QED) is 0.856. The van der Waals surface area contributed by atoms with Gasteiger partial charge in [-0.1, -0.05) is 31.5 Å². The number of hydrogen-bond donors (Lipinski definition) is 2. The molecule has 1 aromatic carbocycles. The lowest BCUT2D eigenvalue weighted by Gasteiger charge is -2.21. The summed E-state index contributed by atoms with van der Waals surface area (Å²) in [5, 5.41) is 6.19. The van der Waals surface area contributed by atoms with Gasteiger partial charge in [0.25, 0.3) is 0 Å². The first-order chi connectivity index (χ1) is 8.86. The molecule has 1 rings (SSSR count). The van der Waals surface area contributed by atoms with Crippen LogP contribution >= 0.6 is 0 Å². The van der Waals surface area contributed by atoms with Crippen LogP contribution in [0.15, 0.2) is 12.1 Å². The van der Waals surface area contributed by atoms with E-state index in [9.17, 15) is 4.79 Å². The van der Waals surface area contributed by atoms with Crippen LogP contribution in [0.25, 0.3) is 0 Å². The normalized spacial score (nSPS) is 12.6. The molecule has 3 heteroatoms. The number of rotatable bonds is 5. The second kappa shape index (κ2) is 6.71. The van der Waals surface area contributed by atoms with E-state index in [1.807, 2.05) is 20.9 Å². The molecule has 0 saturated heterocycles. The zero-order chi connectivity index (χ0) is 14.6. The number of benzene rings is 1. The first-order valence-electron chi connectivity index (χ1n) is 6.90. The minimum absolute atomic E-state index is 0.00916. The molecule has 1 atom stereocenters. The highest BCUT2D eigenvalue weighted by molar-refractivity contribution is 5.94. The molecule has 0 aromatic heterocycles. The van der Waals surface area contributed by atoms with Gasteiger partial charge in [0.15, 0.2) is 0 Å². The first-order valence-corrected chi connectivity index (χ1v) is 6.90. The molecule has 3 nitrogen and oxygen atoms in total. The van der Waals surface area contributed by atoms with Crippen LogP contribution in [0.3, 0.4) is 0 Å². The van der Waals surface area contributed by atoms with Gasteiger partial charge in [-0.15, -0.1) is 0 Å². The Hall–Kier alpha value is -1.35. The fourth-order valence-electron chi connectivity index (χ4n) is 2.44. The summed E-state index contributed by atoms with van der Waals surface area (Å²) < 4.78 is 0. The lowest BCUT2D eigenvalue weighted by molar-refractivity contribution is -0.120. The molecule has 106 valence electrons. The van der Waals surface area contributed by atoms with Crippen LogP contribution in [-0.4, -0.2) is 19.5 Å².